The number of rotatable bonds is 3. The molecule has 17 heavy (non-hydrogen) atoms. The van der Waals surface area contributed by atoms with Gasteiger partial charge >= 0.3 is 0 Å². The number of amides is 1. The van der Waals surface area contributed by atoms with Crippen LogP contribution in [-0.4, -0.2) is 25.0 Å². The molecule has 2 unspecified atom stereocenters. The molecule has 98 valence electrons. The fourth-order valence-corrected chi connectivity index (χ4v) is 3.17. The monoisotopic (exact) mass is 238 g/mol. The highest BCUT2D eigenvalue weighted by molar-refractivity contribution is 5.79. The van der Waals surface area contributed by atoms with Crippen LogP contribution in [0.5, 0.6) is 0 Å². The van der Waals surface area contributed by atoms with Gasteiger partial charge in [-0.25, -0.2) is 0 Å². The molecule has 2 fully saturated rings. The van der Waals surface area contributed by atoms with Crippen molar-refractivity contribution in [3.05, 3.63) is 0 Å². The van der Waals surface area contributed by atoms with Crippen LogP contribution in [0.25, 0.3) is 0 Å². The minimum absolute atomic E-state index is 0.204. The number of carbonyl (C=O) groups excluding carboxylic acids is 1. The predicted molar refractivity (Wildman–Crippen MR) is 69.8 cm³/mol. The van der Waals surface area contributed by atoms with Crippen molar-refractivity contribution >= 4 is 5.91 Å². The van der Waals surface area contributed by atoms with Crippen molar-refractivity contribution < 1.29 is 4.79 Å². The number of nitrogens with one attached hydrogen (secondary N) is 2. The maximum atomic E-state index is 12.1. The lowest BCUT2D eigenvalue weighted by Gasteiger charge is -2.30. The summed E-state index contributed by atoms with van der Waals surface area (Å²) in [6.07, 6.45) is 8.84. The minimum atomic E-state index is 0.204. The van der Waals surface area contributed by atoms with Crippen molar-refractivity contribution in [3.63, 3.8) is 0 Å². The van der Waals surface area contributed by atoms with Gasteiger partial charge in [0.25, 0.3) is 0 Å². The fraction of sp³-hybridized carbons (Fsp3) is 0.929. The molecule has 0 aromatic rings. The predicted octanol–water partition coefficient (Wildman–Crippen LogP) is 2.07. The van der Waals surface area contributed by atoms with Gasteiger partial charge in [0.05, 0.1) is 5.92 Å². The third-order valence-electron chi connectivity index (χ3n) is 4.39. The summed E-state index contributed by atoms with van der Waals surface area (Å²) in [4.78, 5) is 12.1. The van der Waals surface area contributed by atoms with Gasteiger partial charge in [0.2, 0.25) is 5.91 Å². The Labute approximate surface area is 105 Å². The summed E-state index contributed by atoms with van der Waals surface area (Å²) in [6.45, 7) is 4.12. The molecule has 1 saturated carbocycles. The Kier molecular flexibility index (Phi) is 4.84. The van der Waals surface area contributed by atoms with Crippen LogP contribution in [0.4, 0.5) is 0 Å². The average molecular weight is 238 g/mol. The molecule has 1 saturated heterocycles. The van der Waals surface area contributed by atoms with E-state index < -0.39 is 0 Å². The molecule has 0 aromatic heterocycles. The van der Waals surface area contributed by atoms with E-state index in [4.69, 9.17) is 0 Å². The van der Waals surface area contributed by atoms with Gasteiger partial charge in [0.15, 0.2) is 0 Å². The van der Waals surface area contributed by atoms with E-state index in [1.807, 2.05) is 0 Å². The Bertz CT molecular complexity index is 243. The topological polar surface area (TPSA) is 41.1 Å². The van der Waals surface area contributed by atoms with Crippen molar-refractivity contribution in [2.75, 3.05) is 13.1 Å². The summed E-state index contributed by atoms with van der Waals surface area (Å²) in [7, 11) is 0. The van der Waals surface area contributed by atoms with Crippen LogP contribution >= 0.6 is 0 Å². The largest absolute Gasteiger partial charge is 0.353 e. The highest BCUT2D eigenvalue weighted by Gasteiger charge is 2.25. The maximum Gasteiger partial charge on any atom is 0.224 e. The van der Waals surface area contributed by atoms with Crippen LogP contribution in [0.3, 0.4) is 0 Å². The van der Waals surface area contributed by atoms with Crippen LogP contribution < -0.4 is 10.6 Å². The molecule has 2 aliphatic rings. The van der Waals surface area contributed by atoms with Crippen molar-refractivity contribution in [1.29, 1.82) is 0 Å². The average Bonchev–Trinajstić information content (AvgIpc) is 2.40. The smallest absolute Gasteiger partial charge is 0.224 e. The zero-order chi connectivity index (χ0) is 12.1. The zero-order valence-corrected chi connectivity index (χ0v) is 11.0. The van der Waals surface area contributed by atoms with Gasteiger partial charge in [-0.05, 0) is 45.1 Å². The molecule has 0 radical (unpaired) electrons. The van der Waals surface area contributed by atoms with Crippen molar-refractivity contribution in [1.82, 2.24) is 10.6 Å². The van der Waals surface area contributed by atoms with Crippen molar-refractivity contribution in [3.8, 4) is 0 Å². The highest BCUT2D eigenvalue weighted by atomic mass is 16.2. The quantitative estimate of drug-likeness (QED) is 0.790. The van der Waals surface area contributed by atoms with E-state index in [0.29, 0.717) is 12.0 Å². The molecule has 1 aliphatic carbocycles. The van der Waals surface area contributed by atoms with E-state index in [0.717, 1.165) is 25.9 Å². The van der Waals surface area contributed by atoms with Gasteiger partial charge in [-0.15, -0.1) is 0 Å². The van der Waals surface area contributed by atoms with E-state index in [1.54, 1.807) is 0 Å². The molecule has 3 heteroatoms. The van der Waals surface area contributed by atoms with E-state index >= 15 is 0 Å². The van der Waals surface area contributed by atoms with Gasteiger partial charge < -0.3 is 10.6 Å². The van der Waals surface area contributed by atoms with Crippen LogP contribution in [0.2, 0.25) is 0 Å². The lowest BCUT2D eigenvalue weighted by Crippen LogP contribution is -2.46. The van der Waals surface area contributed by atoms with Crippen LogP contribution in [0.1, 0.15) is 51.9 Å². The molecular formula is C14H26N2O. The number of hydrogen-bond acceptors (Lipinski definition) is 2. The Morgan fingerprint density at radius 2 is 1.94 bits per heavy atom. The van der Waals surface area contributed by atoms with Gasteiger partial charge in [-0.3, -0.25) is 4.79 Å². The fourth-order valence-electron chi connectivity index (χ4n) is 3.17. The summed E-state index contributed by atoms with van der Waals surface area (Å²) >= 11 is 0. The molecule has 3 nitrogen and oxygen atoms in total. The van der Waals surface area contributed by atoms with Gasteiger partial charge in [-0.1, -0.05) is 19.3 Å². The summed E-state index contributed by atoms with van der Waals surface area (Å²) in [6, 6.07) is 0.365. The molecule has 0 aromatic carbocycles. The SMILES string of the molecule is CC(NC(=O)C1CCCNC1)C1CCCCC1. The van der Waals surface area contributed by atoms with Gasteiger partial charge in [0.1, 0.15) is 0 Å². The van der Waals surface area contributed by atoms with Crippen LogP contribution in [0.15, 0.2) is 0 Å². The minimum Gasteiger partial charge on any atom is -0.353 e. The molecule has 1 heterocycles. The number of hydrogen-bond donors (Lipinski definition) is 2. The highest BCUT2D eigenvalue weighted by Crippen LogP contribution is 2.26. The Balaban J connectivity index is 1.76. The van der Waals surface area contributed by atoms with E-state index in [9.17, 15) is 4.79 Å². The van der Waals surface area contributed by atoms with E-state index in [-0.39, 0.29) is 11.8 Å². The van der Waals surface area contributed by atoms with E-state index in [1.165, 1.54) is 32.1 Å². The molecule has 0 bridgehead atoms. The standard InChI is InChI=1S/C14H26N2O/c1-11(12-6-3-2-4-7-12)16-14(17)13-8-5-9-15-10-13/h11-13,15H,2-10H2,1H3,(H,16,17). The normalized spacial score (nSPS) is 28.6. The van der Waals surface area contributed by atoms with Gasteiger partial charge in [0, 0.05) is 12.6 Å². The lowest BCUT2D eigenvalue weighted by atomic mass is 9.84. The first-order valence-corrected chi connectivity index (χ1v) is 7.28. The second kappa shape index (κ2) is 6.39. The summed E-state index contributed by atoms with van der Waals surface area (Å²) in [5.41, 5.74) is 0. The first-order valence-electron chi connectivity index (χ1n) is 7.28. The lowest BCUT2D eigenvalue weighted by molar-refractivity contribution is -0.126. The van der Waals surface area contributed by atoms with Crippen LogP contribution in [0, 0.1) is 11.8 Å². The van der Waals surface area contributed by atoms with Crippen LogP contribution in [-0.2, 0) is 4.79 Å². The second-order valence-electron chi connectivity index (χ2n) is 5.74. The molecular weight excluding hydrogens is 212 g/mol. The summed E-state index contributed by atoms with van der Waals surface area (Å²) in [5.74, 6) is 1.19. The van der Waals surface area contributed by atoms with Gasteiger partial charge in [-0.2, -0.15) is 0 Å². The molecule has 1 aliphatic heterocycles. The molecule has 2 N–H and O–H groups in total. The first kappa shape index (κ1) is 12.9. The number of piperidine rings is 1. The van der Waals surface area contributed by atoms with Crippen molar-refractivity contribution in [2.45, 2.75) is 57.9 Å². The van der Waals surface area contributed by atoms with E-state index in [2.05, 4.69) is 17.6 Å². The number of carbonyl (C=O) groups is 1. The summed E-state index contributed by atoms with van der Waals surface area (Å²) < 4.78 is 0. The molecule has 2 rings (SSSR count). The van der Waals surface area contributed by atoms with Crippen molar-refractivity contribution in [2.24, 2.45) is 11.8 Å². The Hall–Kier alpha value is -0.570. The maximum absolute atomic E-state index is 12.1. The summed E-state index contributed by atoms with van der Waals surface area (Å²) in [5, 5.41) is 6.55. The molecule has 2 atom stereocenters. The molecule has 0 spiro atoms. The Morgan fingerprint density at radius 1 is 1.18 bits per heavy atom. The zero-order valence-electron chi connectivity index (χ0n) is 11.0. The molecule has 1 amide bonds. The third-order valence-corrected chi connectivity index (χ3v) is 4.39. The Morgan fingerprint density at radius 3 is 2.59 bits per heavy atom. The first-order chi connectivity index (χ1) is 8.27. The third kappa shape index (κ3) is 3.70. The second-order valence-corrected chi connectivity index (χ2v) is 5.74.